The minimum Gasteiger partial charge on any atom is -0.408 e. The summed E-state index contributed by atoms with van der Waals surface area (Å²) in [6.07, 6.45) is 1.08. The quantitative estimate of drug-likeness (QED) is 0.0447. The maximum absolute atomic E-state index is 13.3. The van der Waals surface area contributed by atoms with E-state index in [4.69, 9.17) is 20.9 Å². The predicted molar refractivity (Wildman–Crippen MR) is 380 cm³/mol. The van der Waals surface area contributed by atoms with Crippen LogP contribution in [0, 0.1) is 36.8 Å². The first-order chi connectivity index (χ1) is 54.3. The van der Waals surface area contributed by atoms with Crippen LogP contribution in [0.1, 0.15) is 25.2 Å². The molecule has 0 unspecified atom stereocenters. The standard InChI is InChI=1S/C20H18F3N5O.C18H11F3N6.C18H12F3N5O2.C18H14F3N5.CO2/c1-20(2,29)15-9-24-17-8-7-14(26-28(15)17)19-18(12-3-5-13(21)6-4-12)25-11-27(19)10-16(22)23;1-22-16-8-23-15-7-6-13(25-27(15)16)18-17(11-2-4-12(19)5-3-11)24-10-26(18)9-14(20)21;19-12-3-1-11(2-4-12)17-18(25(9-23-17)8-14(20)21)13-5-6-15-22-7-16(28-10-27)26(15)24-13;1-11-8-22-16-7-6-14(24-26(11)16)18-17(12-2-4-13(19)5-3-12)23-10-25(18)9-15(20)21;2-1-3/h3-9,11,16,29H,10H2,1-2H3;2-8,10,14H,9H2;1-7,9-10,14H,8H2;2-8,10,15H,9H2,1H3;. The first-order valence-corrected chi connectivity index (χ1v) is 33.3. The molecule has 26 nitrogen and oxygen atoms in total. The molecule has 0 fully saturated rings. The van der Waals surface area contributed by atoms with Gasteiger partial charge in [0.25, 0.3) is 38.0 Å². The number of rotatable bonds is 19. The number of benzene rings is 4. The molecule has 0 aliphatic carbocycles. The van der Waals surface area contributed by atoms with Gasteiger partial charge in [-0.2, -0.15) is 29.4 Å². The van der Waals surface area contributed by atoms with Crippen molar-refractivity contribution in [2.45, 2.75) is 78.3 Å². The van der Waals surface area contributed by atoms with Crippen LogP contribution in [0.25, 0.3) is 118 Å². The number of fused-ring (bicyclic) bond motifs is 4. The number of aliphatic hydroxyl groups is 1. The fraction of sp³-hybridized carbons (Fsp3) is 0.160. The van der Waals surface area contributed by atoms with Crippen molar-refractivity contribution in [3.05, 3.63) is 242 Å². The number of nitrogens with zero attached hydrogens (tertiary/aromatic N) is 21. The summed E-state index contributed by atoms with van der Waals surface area (Å²) in [6, 6.07) is 35.8. The summed E-state index contributed by atoms with van der Waals surface area (Å²) in [5.41, 5.74) is 9.07. The molecular weight excluding hydrogens is 1500 g/mol. The molecule has 0 saturated carbocycles. The van der Waals surface area contributed by atoms with Gasteiger partial charge in [-0.1, -0.05) is 11.7 Å². The summed E-state index contributed by atoms with van der Waals surface area (Å²) in [5.74, 6) is -1.34. The highest BCUT2D eigenvalue weighted by Crippen LogP contribution is 2.37. The van der Waals surface area contributed by atoms with Gasteiger partial charge in [0.2, 0.25) is 11.5 Å². The Morgan fingerprint density at radius 2 is 0.717 bits per heavy atom. The van der Waals surface area contributed by atoms with Crippen molar-refractivity contribution < 1.29 is 76.9 Å². The zero-order chi connectivity index (χ0) is 80.4. The Morgan fingerprint density at radius 3 is 1.05 bits per heavy atom. The Morgan fingerprint density at radius 1 is 0.425 bits per heavy atom. The molecule has 113 heavy (non-hydrogen) atoms. The van der Waals surface area contributed by atoms with Gasteiger partial charge in [0.15, 0.2) is 16.9 Å². The largest absolute Gasteiger partial charge is 0.408 e. The number of hydrogen-bond acceptors (Lipinski definition) is 17. The van der Waals surface area contributed by atoms with Crippen molar-refractivity contribution in [1.29, 1.82) is 0 Å². The van der Waals surface area contributed by atoms with E-state index in [0.29, 0.717) is 119 Å². The second-order valence-corrected chi connectivity index (χ2v) is 24.6. The second kappa shape index (κ2) is 34.1. The van der Waals surface area contributed by atoms with E-state index in [1.165, 1.54) is 161 Å². The topological polar surface area (TPSA) is 277 Å². The number of carbonyl (C=O) groups excluding carboxylic acids is 3. The highest BCUT2D eigenvalue weighted by Gasteiger charge is 2.27. The van der Waals surface area contributed by atoms with Gasteiger partial charge >= 0.3 is 6.15 Å². The Bertz CT molecular complexity index is 6090. The van der Waals surface area contributed by atoms with Crippen LogP contribution in [0.5, 0.6) is 5.88 Å². The molecule has 0 aliphatic rings. The van der Waals surface area contributed by atoms with E-state index in [2.05, 4.69) is 65.1 Å². The number of ether oxygens (including phenoxy) is 1. The van der Waals surface area contributed by atoms with Crippen molar-refractivity contribution in [1.82, 2.24) is 96.6 Å². The van der Waals surface area contributed by atoms with Gasteiger partial charge in [0.05, 0.1) is 133 Å². The van der Waals surface area contributed by atoms with Gasteiger partial charge in [0, 0.05) is 28.3 Å². The molecule has 0 atom stereocenters. The maximum atomic E-state index is 13.3. The first kappa shape index (κ1) is 78.2. The van der Waals surface area contributed by atoms with Crippen molar-refractivity contribution >= 4 is 41.0 Å². The highest BCUT2D eigenvalue weighted by atomic mass is 19.3. The molecule has 0 bridgehead atoms. The molecule has 12 heterocycles. The number of carbonyl (C=O) groups is 1. The van der Waals surface area contributed by atoms with Crippen molar-refractivity contribution in [2.24, 2.45) is 0 Å². The molecule has 16 rings (SSSR count). The summed E-state index contributed by atoms with van der Waals surface area (Å²) in [7, 11) is 0. The molecule has 38 heteroatoms. The summed E-state index contributed by atoms with van der Waals surface area (Å²) in [6.45, 7) is 10.3. The molecule has 12 aromatic heterocycles. The van der Waals surface area contributed by atoms with E-state index in [1.807, 2.05) is 6.92 Å². The number of halogens is 12. The van der Waals surface area contributed by atoms with Crippen molar-refractivity contribution in [3.63, 3.8) is 0 Å². The zero-order valence-electron chi connectivity index (χ0n) is 58.7. The minimum absolute atomic E-state index is 0.0788. The maximum Gasteiger partial charge on any atom is 0.373 e. The molecule has 16 aromatic rings. The van der Waals surface area contributed by atoms with Crippen LogP contribution in [0.4, 0.5) is 58.5 Å². The van der Waals surface area contributed by atoms with E-state index >= 15 is 0 Å². The van der Waals surface area contributed by atoms with Crippen LogP contribution >= 0.6 is 0 Å². The van der Waals surface area contributed by atoms with Crippen LogP contribution in [0.2, 0.25) is 0 Å². The monoisotopic (exact) mass is 1560 g/mol. The molecule has 4 aromatic carbocycles. The number of imidazole rings is 8. The predicted octanol–water partition coefficient (Wildman–Crippen LogP) is 14.7. The smallest absolute Gasteiger partial charge is 0.373 e. The zero-order valence-corrected chi connectivity index (χ0v) is 58.7. The Kier molecular flexibility index (Phi) is 23.6. The summed E-state index contributed by atoms with van der Waals surface area (Å²) >= 11 is 0. The Balaban J connectivity index is 0.000000138. The van der Waals surface area contributed by atoms with E-state index in [9.17, 15) is 62.6 Å². The fourth-order valence-electron chi connectivity index (χ4n) is 11.7. The van der Waals surface area contributed by atoms with Crippen LogP contribution in [0.3, 0.4) is 0 Å². The molecule has 1 N–H and O–H groups in total. The lowest BCUT2D eigenvalue weighted by Gasteiger charge is -2.16. The third-order valence-electron chi connectivity index (χ3n) is 16.6. The third-order valence-corrected chi connectivity index (χ3v) is 16.6. The van der Waals surface area contributed by atoms with Crippen molar-refractivity contribution in [2.75, 3.05) is 0 Å². The SMILES string of the molecule is CC(C)(O)c1cnc2ccc(-c3c(-c4ccc(F)cc4)ncn3CC(F)F)nn12.Cc1cnc2ccc(-c3c(-c4ccc(F)cc4)ncn3CC(F)F)nn12.O=C=O.O=COc1cnc2ccc(-c3c(-c4ccc(F)cc4)ncn3CC(F)F)nn12.[C-]#[N+]c1cnc2ccc(-c3c(-c4ccc(F)cc4)ncn3CC(F)F)nn12. The van der Waals surface area contributed by atoms with Gasteiger partial charge in [-0.15, -0.1) is 4.52 Å². The second-order valence-electron chi connectivity index (χ2n) is 24.6. The minimum atomic E-state index is -2.61. The summed E-state index contributed by atoms with van der Waals surface area (Å²) < 4.78 is 173. The Labute approximate surface area is 628 Å². The van der Waals surface area contributed by atoms with E-state index < -0.39 is 74.9 Å². The number of aryl methyl sites for hydroxylation is 1. The van der Waals surface area contributed by atoms with Gasteiger partial charge in [-0.05, 0) is 160 Å². The van der Waals surface area contributed by atoms with Gasteiger partial charge in [0.1, 0.15) is 51.6 Å². The lowest BCUT2D eigenvalue weighted by molar-refractivity contribution is -0.191. The van der Waals surface area contributed by atoms with Crippen LogP contribution in [0.15, 0.2) is 196 Å². The molecule has 0 amide bonds. The van der Waals surface area contributed by atoms with Gasteiger partial charge in [-0.25, -0.2) is 102 Å². The molecule has 0 saturated heterocycles. The van der Waals surface area contributed by atoms with Gasteiger partial charge in [-0.3, -0.25) is 4.79 Å². The normalized spacial score (nSPS) is 11.4. The fourth-order valence-corrected chi connectivity index (χ4v) is 11.7. The van der Waals surface area contributed by atoms with Crippen LogP contribution in [-0.2, 0) is 46.2 Å². The average Bonchev–Trinajstić information content (AvgIpc) is 1.64. The first-order valence-electron chi connectivity index (χ1n) is 33.3. The van der Waals surface area contributed by atoms with E-state index in [0.717, 1.165) is 5.69 Å². The molecule has 0 spiro atoms. The number of hydrogen-bond donors (Lipinski definition) is 1. The average molecular weight is 1560 g/mol. The highest BCUT2D eigenvalue weighted by molar-refractivity contribution is 5.81. The van der Waals surface area contributed by atoms with Crippen LogP contribution < -0.4 is 4.74 Å². The number of aromatic nitrogens is 20. The number of alkyl halides is 8. The molecule has 574 valence electrons. The van der Waals surface area contributed by atoms with Gasteiger partial charge < -0.3 is 33.0 Å². The summed E-state index contributed by atoms with van der Waals surface area (Å²) in [5, 5.41) is 28.2. The van der Waals surface area contributed by atoms with E-state index in [1.54, 1.807) is 85.2 Å². The Hall–Kier alpha value is -14.3. The lowest BCUT2D eigenvalue weighted by atomic mass is 10.1. The summed E-state index contributed by atoms with van der Waals surface area (Å²) in [4.78, 5) is 63.8. The van der Waals surface area contributed by atoms with Crippen molar-refractivity contribution in [3.8, 4) is 96.5 Å². The lowest BCUT2D eigenvalue weighted by Crippen LogP contribution is -2.19. The molecular formula is C75H55F12N21O5. The molecule has 0 aliphatic heterocycles. The molecule has 0 radical (unpaired) electrons. The third kappa shape index (κ3) is 17.7. The van der Waals surface area contributed by atoms with E-state index in [-0.39, 0.29) is 30.1 Å². The van der Waals surface area contributed by atoms with Crippen LogP contribution in [-0.4, -0.2) is 140 Å².